The predicted octanol–water partition coefficient (Wildman–Crippen LogP) is 4.05. The van der Waals surface area contributed by atoms with Crippen LogP contribution in [-0.2, 0) is 0 Å². The minimum atomic E-state index is -0.666. The third-order valence-corrected chi connectivity index (χ3v) is 3.94. The van der Waals surface area contributed by atoms with Crippen LogP contribution in [0, 0.1) is 34.1 Å². The van der Waals surface area contributed by atoms with Gasteiger partial charge >= 0.3 is 0 Å². The molecule has 0 aliphatic rings. The molecule has 3 aromatic rings. The van der Waals surface area contributed by atoms with Gasteiger partial charge in [0.2, 0.25) is 0 Å². The Labute approximate surface area is 148 Å². The van der Waals surface area contributed by atoms with Gasteiger partial charge in [-0.05, 0) is 32.0 Å². The van der Waals surface area contributed by atoms with E-state index in [1.807, 2.05) is 37.3 Å². The molecule has 0 saturated carbocycles. The first-order chi connectivity index (χ1) is 12.4. The lowest BCUT2D eigenvalue weighted by molar-refractivity contribution is -0.393. The van der Waals surface area contributed by atoms with Crippen molar-refractivity contribution in [3.05, 3.63) is 80.1 Å². The Hall–Kier alpha value is -3.75. The number of benzene rings is 2. The number of nitro groups is 2. The van der Waals surface area contributed by atoms with E-state index >= 15 is 0 Å². The monoisotopic (exact) mass is 353 g/mol. The van der Waals surface area contributed by atoms with E-state index in [0.29, 0.717) is 11.4 Å². The SMILES string of the molecule is Cc1nn(-c2ccccc2)c(C)c1Nc1ccc([N+](=O)[O-])cc1[N+](=O)[O-]. The number of para-hydroxylation sites is 1. The van der Waals surface area contributed by atoms with Crippen molar-refractivity contribution in [2.24, 2.45) is 0 Å². The third-order valence-electron chi connectivity index (χ3n) is 3.94. The number of nitro benzene ring substituents is 2. The van der Waals surface area contributed by atoms with Crippen LogP contribution in [0.15, 0.2) is 48.5 Å². The van der Waals surface area contributed by atoms with E-state index in [-0.39, 0.29) is 17.1 Å². The molecule has 0 atom stereocenters. The first-order valence-electron chi connectivity index (χ1n) is 7.70. The molecule has 0 aliphatic carbocycles. The van der Waals surface area contributed by atoms with Gasteiger partial charge in [0.1, 0.15) is 5.69 Å². The smallest absolute Gasteiger partial charge is 0.299 e. The average Bonchev–Trinajstić information content (AvgIpc) is 2.90. The number of rotatable bonds is 5. The van der Waals surface area contributed by atoms with Gasteiger partial charge < -0.3 is 5.32 Å². The van der Waals surface area contributed by atoms with Gasteiger partial charge in [0.15, 0.2) is 0 Å². The number of aromatic nitrogens is 2. The lowest BCUT2D eigenvalue weighted by atomic mass is 10.2. The van der Waals surface area contributed by atoms with E-state index in [4.69, 9.17) is 0 Å². The Morgan fingerprint density at radius 1 is 1.00 bits per heavy atom. The second kappa shape index (κ2) is 6.63. The predicted molar refractivity (Wildman–Crippen MR) is 96.1 cm³/mol. The van der Waals surface area contributed by atoms with Gasteiger partial charge in [-0.3, -0.25) is 20.2 Å². The molecule has 0 unspecified atom stereocenters. The molecule has 9 nitrogen and oxygen atoms in total. The Balaban J connectivity index is 2.04. The zero-order chi connectivity index (χ0) is 18.8. The van der Waals surface area contributed by atoms with E-state index in [1.165, 1.54) is 12.1 Å². The van der Waals surface area contributed by atoms with Crippen molar-refractivity contribution in [3.63, 3.8) is 0 Å². The molecule has 3 rings (SSSR count). The van der Waals surface area contributed by atoms with E-state index < -0.39 is 9.85 Å². The summed E-state index contributed by atoms with van der Waals surface area (Å²) in [4.78, 5) is 20.9. The molecule has 0 fully saturated rings. The molecular formula is C17H15N5O4. The van der Waals surface area contributed by atoms with Crippen molar-refractivity contribution in [1.29, 1.82) is 0 Å². The second-order valence-electron chi connectivity index (χ2n) is 5.63. The molecule has 0 saturated heterocycles. The molecule has 26 heavy (non-hydrogen) atoms. The van der Waals surface area contributed by atoms with Gasteiger partial charge in [-0.1, -0.05) is 18.2 Å². The number of hydrogen-bond donors (Lipinski definition) is 1. The van der Waals surface area contributed by atoms with Crippen LogP contribution < -0.4 is 5.32 Å². The third kappa shape index (κ3) is 3.09. The summed E-state index contributed by atoms with van der Waals surface area (Å²) in [6.07, 6.45) is 0. The highest BCUT2D eigenvalue weighted by Gasteiger charge is 2.22. The van der Waals surface area contributed by atoms with Crippen LogP contribution in [0.5, 0.6) is 0 Å². The van der Waals surface area contributed by atoms with E-state index in [2.05, 4.69) is 10.4 Å². The summed E-state index contributed by atoms with van der Waals surface area (Å²) in [5, 5.41) is 29.6. The largest absolute Gasteiger partial charge is 0.347 e. The first kappa shape index (κ1) is 17.1. The van der Waals surface area contributed by atoms with Crippen molar-refractivity contribution in [1.82, 2.24) is 9.78 Å². The van der Waals surface area contributed by atoms with Gasteiger partial charge in [-0.25, -0.2) is 4.68 Å². The highest BCUT2D eigenvalue weighted by Crippen LogP contribution is 2.33. The average molecular weight is 353 g/mol. The summed E-state index contributed by atoms with van der Waals surface area (Å²) < 4.78 is 1.73. The van der Waals surface area contributed by atoms with Crippen LogP contribution >= 0.6 is 0 Å². The lowest BCUT2D eigenvalue weighted by Crippen LogP contribution is -2.01. The summed E-state index contributed by atoms with van der Waals surface area (Å²) in [5.74, 6) is 0. The van der Waals surface area contributed by atoms with Crippen molar-refractivity contribution >= 4 is 22.7 Å². The molecule has 1 N–H and O–H groups in total. The quantitative estimate of drug-likeness (QED) is 0.546. The molecule has 0 radical (unpaired) electrons. The summed E-state index contributed by atoms with van der Waals surface area (Å²) in [6, 6.07) is 13.0. The van der Waals surface area contributed by atoms with Crippen LogP contribution in [0.1, 0.15) is 11.4 Å². The zero-order valence-corrected chi connectivity index (χ0v) is 14.0. The van der Waals surface area contributed by atoms with Gasteiger partial charge in [-0.15, -0.1) is 0 Å². The van der Waals surface area contributed by atoms with Gasteiger partial charge in [-0.2, -0.15) is 5.10 Å². The second-order valence-corrected chi connectivity index (χ2v) is 5.63. The zero-order valence-electron chi connectivity index (χ0n) is 14.0. The van der Waals surface area contributed by atoms with Crippen LogP contribution in [0.4, 0.5) is 22.7 Å². The maximum Gasteiger partial charge on any atom is 0.299 e. The molecular weight excluding hydrogens is 338 g/mol. The molecule has 1 heterocycles. The molecule has 0 amide bonds. The van der Waals surface area contributed by atoms with Crippen molar-refractivity contribution in [2.45, 2.75) is 13.8 Å². The fourth-order valence-electron chi connectivity index (χ4n) is 2.67. The fourth-order valence-corrected chi connectivity index (χ4v) is 2.67. The Morgan fingerprint density at radius 2 is 1.69 bits per heavy atom. The molecule has 0 bridgehead atoms. The van der Waals surface area contributed by atoms with E-state index in [0.717, 1.165) is 17.4 Å². The minimum absolute atomic E-state index is 0.166. The topological polar surface area (TPSA) is 116 Å². The number of aryl methyl sites for hydroxylation is 1. The highest BCUT2D eigenvalue weighted by atomic mass is 16.6. The van der Waals surface area contributed by atoms with Crippen LogP contribution in [-0.4, -0.2) is 19.6 Å². The number of nitrogens with zero attached hydrogens (tertiary/aromatic N) is 4. The maximum atomic E-state index is 11.3. The number of hydrogen-bond acceptors (Lipinski definition) is 6. The molecule has 0 spiro atoms. The highest BCUT2D eigenvalue weighted by molar-refractivity contribution is 5.74. The number of non-ortho nitro benzene ring substituents is 1. The molecule has 132 valence electrons. The molecule has 1 aromatic heterocycles. The Kier molecular flexibility index (Phi) is 4.36. The summed E-state index contributed by atoms with van der Waals surface area (Å²) in [7, 11) is 0. The van der Waals surface area contributed by atoms with Crippen molar-refractivity contribution in [2.75, 3.05) is 5.32 Å². The van der Waals surface area contributed by atoms with Crippen LogP contribution in [0.2, 0.25) is 0 Å². The van der Waals surface area contributed by atoms with Crippen molar-refractivity contribution < 1.29 is 9.85 Å². The summed E-state index contributed by atoms with van der Waals surface area (Å²) in [6.45, 7) is 3.62. The summed E-state index contributed by atoms with van der Waals surface area (Å²) in [5.41, 5.74) is 2.35. The Morgan fingerprint density at radius 3 is 2.31 bits per heavy atom. The Bertz CT molecular complexity index is 998. The maximum absolute atomic E-state index is 11.3. The fraction of sp³-hybridized carbons (Fsp3) is 0.118. The standard InChI is InChI=1S/C17H15N5O4/c1-11-17(12(2)20(19-11)13-6-4-3-5-7-13)18-15-9-8-14(21(23)24)10-16(15)22(25)26/h3-10,18H,1-2H3. The van der Waals surface area contributed by atoms with Gasteiger partial charge in [0.25, 0.3) is 11.4 Å². The van der Waals surface area contributed by atoms with E-state index in [1.54, 1.807) is 11.6 Å². The number of nitrogens with one attached hydrogen (secondary N) is 1. The minimum Gasteiger partial charge on any atom is -0.347 e. The van der Waals surface area contributed by atoms with Crippen LogP contribution in [0.25, 0.3) is 5.69 Å². The van der Waals surface area contributed by atoms with Gasteiger partial charge in [0.05, 0.1) is 38.7 Å². The van der Waals surface area contributed by atoms with Crippen LogP contribution in [0.3, 0.4) is 0 Å². The number of anilines is 2. The summed E-state index contributed by atoms with van der Waals surface area (Å²) >= 11 is 0. The molecule has 0 aliphatic heterocycles. The normalized spacial score (nSPS) is 10.5. The lowest BCUT2D eigenvalue weighted by Gasteiger charge is -2.08. The molecule has 9 heteroatoms. The molecule has 2 aromatic carbocycles. The first-order valence-corrected chi connectivity index (χ1v) is 7.70. The van der Waals surface area contributed by atoms with Gasteiger partial charge in [0, 0.05) is 6.07 Å². The van der Waals surface area contributed by atoms with Crippen molar-refractivity contribution in [3.8, 4) is 5.69 Å². The van der Waals surface area contributed by atoms with E-state index in [9.17, 15) is 20.2 Å².